The van der Waals surface area contributed by atoms with E-state index in [0.29, 0.717) is 30.8 Å². The van der Waals surface area contributed by atoms with Crippen LogP contribution in [0.4, 0.5) is 0 Å². The highest BCUT2D eigenvalue weighted by Gasteiger charge is 2.14. The first-order valence-electron chi connectivity index (χ1n) is 8.19. The summed E-state index contributed by atoms with van der Waals surface area (Å²) in [5, 5.41) is 0. The van der Waals surface area contributed by atoms with E-state index in [1.54, 1.807) is 23.1 Å². The molecular weight excluding hydrogens is 338 g/mol. The number of amides is 1. The average molecular weight is 361 g/mol. The maximum atomic E-state index is 12.5. The maximum Gasteiger partial charge on any atom is 0.306 e. The number of carbonyl (C=O) groups excluding carboxylic acids is 1. The van der Waals surface area contributed by atoms with Crippen molar-refractivity contribution in [2.45, 2.75) is 20.3 Å². The first-order chi connectivity index (χ1) is 11.8. The summed E-state index contributed by atoms with van der Waals surface area (Å²) >= 11 is 0. The molecule has 0 heterocycles. The second-order valence-corrected chi connectivity index (χ2v) is 7.32. The van der Waals surface area contributed by atoms with Gasteiger partial charge in [-0.05, 0) is 37.6 Å². The minimum absolute atomic E-state index is 0.00692. The van der Waals surface area contributed by atoms with Crippen LogP contribution in [0.25, 0.3) is 0 Å². The molecule has 25 heavy (non-hydrogen) atoms. The zero-order valence-electron chi connectivity index (χ0n) is 14.7. The van der Waals surface area contributed by atoms with E-state index in [1.807, 2.05) is 44.2 Å². The molecule has 5 nitrogen and oxygen atoms in total. The molecule has 0 aliphatic carbocycles. The lowest BCUT2D eigenvalue weighted by Crippen LogP contribution is -2.30. The monoisotopic (exact) mass is 361 g/mol. The highest BCUT2D eigenvalue weighted by atomic mass is 32.2. The molecule has 0 spiro atoms. The Morgan fingerprint density at radius 1 is 1.04 bits per heavy atom. The topological polar surface area (TPSA) is 63.7 Å². The molecular formula is C19H23NO4S. The van der Waals surface area contributed by atoms with Gasteiger partial charge in [-0.1, -0.05) is 30.3 Å². The Bertz CT molecular complexity index is 842. The standard InChI is InChI=1S/C19H23NO4S/c1-4-20(5-2)19(21)17-11-8-9-15(14-17)13-16-10-6-7-12-18(16)24-25(3,22)23/h6-12,14H,4-5,13H2,1-3H3. The highest BCUT2D eigenvalue weighted by molar-refractivity contribution is 7.86. The Kier molecular flexibility index (Phi) is 6.20. The zero-order valence-corrected chi connectivity index (χ0v) is 15.5. The quantitative estimate of drug-likeness (QED) is 0.711. The van der Waals surface area contributed by atoms with Crippen LogP contribution in [0.15, 0.2) is 48.5 Å². The summed E-state index contributed by atoms with van der Waals surface area (Å²) in [7, 11) is -3.59. The van der Waals surface area contributed by atoms with Crippen molar-refractivity contribution in [2.75, 3.05) is 19.3 Å². The van der Waals surface area contributed by atoms with Crippen LogP contribution < -0.4 is 4.18 Å². The summed E-state index contributed by atoms with van der Waals surface area (Å²) in [6, 6.07) is 14.4. The van der Waals surface area contributed by atoms with Crippen molar-refractivity contribution < 1.29 is 17.4 Å². The summed E-state index contributed by atoms with van der Waals surface area (Å²) < 4.78 is 27.9. The minimum Gasteiger partial charge on any atom is -0.382 e. The van der Waals surface area contributed by atoms with Gasteiger partial charge in [0.1, 0.15) is 5.75 Å². The predicted octanol–water partition coefficient (Wildman–Crippen LogP) is 3.10. The van der Waals surface area contributed by atoms with Crippen LogP contribution in [0, 0.1) is 0 Å². The Morgan fingerprint density at radius 2 is 1.72 bits per heavy atom. The lowest BCUT2D eigenvalue weighted by Gasteiger charge is -2.19. The molecule has 2 aromatic carbocycles. The molecule has 0 radical (unpaired) electrons. The number of nitrogens with zero attached hydrogens (tertiary/aromatic N) is 1. The summed E-state index contributed by atoms with van der Waals surface area (Å²) in [6.45, 7) is 5.21. The minimum atomic E-state index is -3.59. The van der Waals surface area contributed by atoms with Crippen molar-refractivity contribution >= 4 is 16.0 Å². The second kappa shape index (κ2) is 8.16. The van der Waals surface area contributed by atoms with Crippen molar-refractivity contribution in [3.05, 3.63) is 65.2 Å². The van der Waals surface area contributed by atoms with Crippen molar-refractivity contribution in [1.82, 2.24) is 4.90 Å². The van der Waals surface area contributed by atoms with Crippen LogP contribution >= 0.6 is 0 Å². The van der Waals surface area contributed by atoms with E-state index in [4.69, 9.17) is 4.18 Å². The Labute approximate surface area is 149 Å². The molecule has 0 aromatic heterocycles. The van der Waals surface area contributed by atoms with Gasteiger partial charge in [-0.15, -0.1) is 0 Å². The lowest BCUT2D eigenvalue weighted by molar-refractivity contribution is 0.0773. The van der Waals surface area contributed by atoms with Crippen molar-refractivity contribution in [3.63, 3.8) is 0 Å². The summed E-state index contributed by atoms with van der Waals surface area (Å²) in [5.41, 5.74) is 2.30. The third-order valence-corrected chi connectivity index (χ3v) is 4.32. The van der Waals surface area contributed by atoms with Gasteiger partial charge in [-0.2, -0.15) is 8.42 Å². The fraction of sp³-hybridized carbons (Fsp3) is 0.316. The van der Waals surface area contributed by atoms with Gasteiger partial charge in [0.15, 0.2) is 0 Å². The maximum absolute atomic E-state index is 12.5. The third-order valence-electron chi connectivity index (χ3n) is 3.83. The normalized spacial score (nSPS) is 11.2. The van der Waals surface area contributed by atoms with Crippen LogP contribution in [0.5, 0.6) is 5.75 Å². The Balaban J connectivity index is 2.28. The fourth-order valence-corrected chi connectivity index (χ4v) is 3.11. The molecule has 0 N–H and O–H groups in total. The Hall–Kier alpha value is -2.34. The van der Waals surface area contributed by atoms with Gasteiger partial charge in [-0.3, -0.25) is 4.79 Å². The van der Waals surface area contributed by atoms with Gasteiger partial charge < -0.3 is 9.08 Å². The molecule has 2 rings (SSSR count). The first kappa shape index (κ1) is 19.0. The molecule has 1 amide bonds. The predicted molar refractivity (Wildman–Crippen MR) is 98.4 cm³/mol. The number of hydrogen-bond donors (Lipinski definition) is 0. The summed E-state index contributed by atoms with van der Waals surface area (Å²) in [4.78, 5) is 14.3. The smallest absolute Gasteiger partial charge is 0.306 e. The average Bonchev–Trinajstić information content (AvgIpc) is 2.56. The van der Waals surface area contributed by atoms with Gasteiger partial charge in [0.25, 0.3) is 5.91 Å². The van der Waals surface area contributed by atoms with E-state index < -0.39 is 10.1 Å². The van der Waals surface area contributed by atoms with Crippen LogP contribution in [0.2, 0.25) is 0 Å². The van der Waals surface area contributed by atoms with Gasteiger partial charge in [-0.25, -0.2) is 0 Å². The van der Waals surface area contributed by atoms with E-state index in [0.717, 1.165) is 17.4 Å². The molecule has 0 atom stereocenters. The molecule has 134 valence electrons. The van der Waals surface area contributed by atoms with Gasteiger partial charge in [0.05, 0.1) is 6.26 Å². The summed E-state index contributed by atoms with van der Waals surface area (Å²) in [6.07, 6.45) is 1.50. The van der Waals surface area contributed by atoms with Crippen molar-refractivity contribution in [2.24, 2.45) is 0 Å². The van der Waals surface area contributed by atoms with E-state index >= 15 is 0 Å². The Morgan fingerprint density at radius 3 is 2.36 bits per heavy atom. The van der Waals surface area contributed by atoms with Crippen LogP contribution in [-0.4, -0.2) is 38.6 Å². The number of carbonyl (C=O) groups is 1. The first-order valence-corrected chi connectivity index (χ1v) is 10.0. The molecule has 0 saturated carbocycles. The fourth-order valence-electron chi connectivity index (χ4n) is 2.62. The lowest BCUT2D eigenvalue weighted by atomic mass is 10.0. The van der Waals surface area contributed by atoms with E-state index in [2.05, 4.69) is 0 Å². The third kappa shape index (κ3) is 5.32. The number of benzene rings is 2. The van der Waals surface area contributed by atoms with Crippen LogP contribution in [0.1, 0.15) is 35.3 Å². The molecule has 0 aliphatic rings. The molecule has 2 aromatic rings. The highest BCUT2D eigenvalue weighted by Crippen LogP contribution is 2.23. The van der Waals surface area contributed by atoms with Crippen LogP contribution in [0.3, 0.4) is 0 Å². The van der Waals surface area contributed by atoms with Crippen molar-refractivity contribution in [3.8, 4) is 5.75 Å². The SMILES string of the molecule is CCN(CC)C(=O)c1cccc(Cc2ccccc2OS(C)(=O)=O)c1. The number of para-hydroxylation sites is 1. The van der Waals surface area contributed by atoms with E-state index in [-0.39, 0.29) is 5.91 Å². The van der Waals surface area contributed by atoms with E-state index in [1.165, 1.54) is 0 Å². The molecule has 0 saturated heterocycles. The van der Waals surface area contributed by atoms with Crippen LogP contribution in [-0.2, 0) is 16.5 Å². The number of rotatable bonds is 7. The van der Waals surface area contributed by atoms with Crippen molar-refractivity contribution in [1.29, 1.82) is 0 Å². The van der Waals surface area contributed by atoms with Gasteiger partial charge in [0.2, 0.25) is 0 Å². The van der Waals surface area contributed by atoms with Gasteiger partial charge in [0, 0.05) is 30.6 Å². The summed E-state index contributed by atoms with van der Waals surface area (Å²) in [5.74, 6) is 0.304. The number of hydrogen-bond acceptors (Lipinski definition) is 4. The zero-order chi connectivity index (χ0) is 18.4. The van der Waals surface area contributed by atoms with Gasteiger partial charge >= 0.3 is 10.1 Å². The second-order valence-electron chi connectivity index (χ2n) is 5.75. The molecule has 6 heteroatoms. The largest absolute Gasteiger partial charge is 0.382 e. The molecule has 0 unspecified atom stereocenters. The van der Waals surface area contributed by atoms with E-state index in [9.17, 15) is 13.2 Å². The molecule has 0 bridgehead atoms. The molecule has 0 aliphatic heterocycles. The molecule has 0 fully saturated rings.